The molecule has 7 nitrogen and oxygen atoms in total. The average molecular weight is 367 g/mol. The molecule has 1 aromatic heterocycles. The summed E-state index contributed by atoms with van der Waals surface area (Å²) in [5.74, 6) is -0.983. The van der Waals surface area contributed by atoms with E-state index in [1.165, 1.54) is 38.4 Å². The van der Waals surface area contributed by atoms with Crippen LogP contribution in [0.5, 0.6) is 0 Å². The van der Waals surface area contributed by atoms with Crippen molar-refractivity contribution in [3.05, 3.63) is 64.3 Å². The Labute approximate surface area is 144 Å². The van der Waals surface area contributed by atoms with Crippen LogP contribution in [0.4, 0.5) is 4.39 Å². The van der Waals surface area contributed by atoms with Gasteiger partial charge >= 0.3 is 0 Å². The number of sulfonamides is 1. The van der Waals surface area contributed by atoms with E-state index < -0.39 is 27.3 Å². The van der Waals surface area contributed by atoms with Gasteiger partial charge in [-0.1, -0.05) is 18.2 Å². The predicted molar refractivity (Wildman–Crippen MR) is 89.8 cm³/mol. The molecule has 0 radical (unpaired) electrons. The number of rotatable bonds is 6. The summed E-state index contributed by atoms with van der Waals surface area (Å²) in [5.41, 5.74) is -0.203. The zero-order valence-electron chi connectivity index (χ0n) is 13.8. The van der Waals surface area contributed by atoms with Gasteiger partial charge in [0.2, 0.25) is 15.9 Å². The SMILES string of the molecule is CN(C)S(=O)(=O)c1ccc(=O)n(CC(=O)NCc2ccccc2F)c1. The summed E-state index contributed by atoms with van der Waals surface area (Å²) in [4.78, 5) is 23.7. The Balaban J connectivity index is 2.13. The van der Waals surface area contributed by atoms with Gasteiger partial charge in [0, 0.05) is 38.5 Å². The van der Waals surface area contributed by atoms with Gasteiger partial charge < -0.3 is 9.88 Å². The van der Waals surface area contributed by atoms with E-state index in [0.717, 1.165) is 21.1 Å². The van der Waals surface area contributed by atoms with Crippen LogP contribution in [-0.4, -0.2) is 37.3 Å². The third kappa shape index (κ3) is 4.52. The molecule has 134 valence electrons. The van der Waals surface area contributed by atoms with Gasteiger partial charge in [-0.15, -0.1) is 0 Å². The summed E-state index contributed by atoms with van der Waals surface area (Å²) in [5, 5.41) is 2.50. The van der Waals surface area contributed by atoms with Crippen molar-refractivity contribution in [3.8, 4) is 0 Å². The van der Waals surface area contributed by atoms with Crippen LogP contribution in [0, 0.1) is 5.82 Å². The molecule has 0 saturated carbocycles. The lowest BCUT2D eigenvalue weighted by molar-refractivity contribution is -0.121. The molecule has 2 aromatic rings. The smallest absolute Gasteiger partial charge is 0.251 e. The first-order valence-corrected chi connectivity index (χ1v) is 8.79. The van der Waals surface area contributed by atoms with Crippen molar-refractivity contribution >= 4 is 15.9 Å². The maximum Gasteiger partial charge on any atom is 0.251 e. The molecule has 0 aliphatic rings. The zero-order valence-corrected chi connectivity index (χ0v) is 14.6. The van der Waals surface area contributed by atoms with Crippen LogP contribution >= 0.6 is 0 Å². The number of benzene rings is 1. The Morgan fingerprint density at radius 2 is 1.88 bits per heavy atom. The molecule has 0 bridgehead atoms. The van der Waals surface area contributed by atoms with Crippen molar-refractivity contribution in [1.29, 1.82) is 0 Å². The molecular weight excluding hydrogens is 349 g/mol. The average Bonchev–Trinajstić information content (AvgIpc) is 2.55. The number of nitrogens with zero attached hydrogens (tertiary/aromatic N) is 2. The van der Waals surface area contributed by atoms with Crippen molar-refractivity contribution in [2.24, 2.45) is 0 Å². The Hall–Kier alpha value is -2.52. The van der Waals surface area contributed by atoms with E-state index in [-0.39, 0.29) is 18.0 Å². The highest BCUT2D eigenvalue weighted by Gasteiger charge is 2.18. The second-order valence-electron chi connectivity index (χ2n) is 5.49. The number of halogens is 1. The highest BCUT2D eigenvalue weighted by atomic mass is 32.2. The van der Waals surface area contributed by atoms with E-state index >= 15 is 0 Å². The highest BCUT2D eigenvalue weighted by molar-refractivity contribution is 7.89. The number of aromatic nitrogens is 1. The molecule has 0 aliphatic carbocycles. The predicted octanol–water partition coefficient (Wildman–Crippen LogP) is 0.554. The Morgan fingerprint density at radius 1 is 1.20 bits per heavy atom. The minimum atomic E-state index is -3.72. The number of hydrogen-bond acceptors (Lipinski definition) is 4. The molecule has 0 aliphatic heterocycles. The Kier molecular flexibility index (Phi) is 5.70. The number of carbonyl (C=O) groups excluding carboxylic acids is 1. The van der Waals surface area contributed by atoms with Crippen LogP contribution in [0.1, 0.15) is 5.56 Å². The quantitative estimate of drug-likeness (QED) is 0.808. The summed E-state index contributed by atoms with van der Waals surface area (Å²) in [6.07, 6.45) is 1.11. The van der Waals surface area contributed by atoms with Crippen LogP contribution in [-0.2, 0) is 27.9 Å². The monoisotopic (exact) mass is 367 g/mol. The summed E-state index contributed by atoms with van der Waals surface area (Å²) < 4.78 is 39.7. The second-order valence-corrected chi connectivity index (χ2v) is 7.64. The van der Waals surface area contributed by atoms with Crippen LogP contribution in [0.15, 0.2) is 52.3 Å². The molecule has 0 atom stereocenters. The van der Waals surface area contributed by atoms with Crippen molar-refractivity contribution in [3.63, 3.8) is 0 Å². The van der Waals surface area contributed by atoms with Crippen LogP contribution in [0.3, 0.4) is 0 Å². The van der Waals surface area contributed by atoms with E-state index in [4.69, 9.17) is 0 Å². The maximum atomic E-state index is 13.5. The fraction of sp³-hybridized carbons (Fsp3) is 0.250. The fourth-order valence-corrected chi connectivity index (χ4v) is 2.96. The first-order chi connectivity index (χ1) is 11.7. The number of nitrogens with one attached hydrogen (secondary N) is 1. The lowest BCUT2D eigenvalue weighted by atomic mass is 10.2. The van der Waals surface area contributed by atoms with Crippen molar-refractivity contribution in [1.82, 2.24) is 14.2 Å². The van der Waals surface area contributed by atoms with Crippen molar-refractivity contribution < 1.29 is 17.6 Å². The van der Waals surface area contributed by atoms with E-state index in [1.807, 2.05) is 0 Å². The topological polar surface area (TPSA) is 88.5 Å². The zero-order chi connectivity index (χ0) is 18.6. The largest absolute Gasteiger partial charge is 0.350 e. The molecule has 25 heavy (non-hydrogen) atoms. The van der Waals surface area contributed by atoms with Gasteiger partial charge in [0.1, 0.15) is 12.4 Å². The van der Waals surface area contributed by atoms with Gasteiger partial charge in [-0.25, -0.2) is 17.1 Å². The maximum absolute atomic E-state index is 13.5. The highest BCUT2D eigenvalue weighted by Crippen LogP contribution is 2.10. The van der Waals surface area contributed by atoms with Gasteiger partial charge in [-0.05, 0) is 12.1 Å². The van der Waals surface area contributed by atoms with E-state index in [1.54, 1.807) is 6.07 Å². The first kappa shape index (κ1) is 18.8. The molecular formula is C16H18FN3O4S. The molecule has 1 N–H and O–H groups in total. The van der Waals surface area contributed by atoms with Crippen LogP contribution in [0.2, 0.25) is 0 Å². The number of carbonyl (C=O) groups is 1. The van der Waals surface area contributed by atoms with Gasteiger partial charge in [-0.2, -0.15) is 0 Å². The third-order valence-electron chi connectivity index (χ3n) is 3.48. The molecule has 0 fully saturated rings. The standard InChI is InChI=1S/C16H18FN3O4S/c1-19(2)25(23,24)13-7-8-16(22)20(10-13)11-15(21)18-9-12-5-3-4-6-14(12)17/h3-8,10H,9,11H2,1-2H3,(H,18,21). The van der Waals surface area contributed by atoms with Gasteiger partial charge in [-0.3, -0.25) is 9.59 Å². The van der Waals surface area contributed by atoms with E-state index in [0.29, 0.717) is 5.56 Å². The third-order valence-corrected chi connectivity index (χ3v) is 5.28. The minimum absolute atomic E-state index is 0.0318. The fourth-order valence-electron chi connectivity index (χ4n) is 2.04. The normalized spacial score (nSPS) is 11.5. The van der Waals surface area contributed by atoms with Crippen LogP contribution < -0.4 is 10.9 Å². The second kappa shape index (κ2) is 7.58. The molecule has 9 heteroatoms. The first-order valence-electron chi connectivity index (χ1n) is 7.35. The Bertz CT molecular complexity index is 938. The summed E-state index contributed by atoms with van der Waals surface area (Å²) in [6.45, 7) is -0.403. The van der Waals surface area contributed by atoms with Gasteiger partial charge in [0.25, 0.3) is 5.56 Å². The Morgan fingerprint density at radius 3 is 2.52 bits per heavy atom. The molecule has 1 amide bonds. The molecule has 2 rings (SSSR count). The summed E-state index contributed by atoms with van der Waals surface area (Å²) in [7, 11) is -0.987. The molecule has 1 heterocycles. The van der Waals surface area contributed by atoms with Gasteiger partial charge in [0.05, 0.1) is 4.90 Å². The number of pyridine rings is 1. The van der Waals surface area contributed by atoms with E-state index in [2.05, 4.69) is 5.32 Å². The molecule has 1 aromatic carbocycles. The van der Waals surface area contributed by atoms with Gasteiger partial charge in [0.15, 0.2) is 0 Å². The molecule has 0 spiro atoms. The summed E-state index contributed by atoms with van der Waals surface area (Å²) >= 11 is 0. The number of hydrogen-bond donors (Lipinski definition) is 1. The lowest BCUT2D eigenvalue weighted by Crippen LogP contribution is -2.32. The summed E-state index contributed by atoms with van der Waals surface area (Å²) in [6, 6.07) is 8.27. The molecule has 0 saturated heterocycles. The lowest BCUT2D eigenvalue weighted by Gasteiger charge is -2.13. The molecule has 0 unspecified atom stereocenters. The van der Waals surface area contributed by atoms with Crippen molar-refractivity contribution in [2.45, 2.75) is 18.0 Å². The van der Waals surface area contributed by atoms with E-state index in [9.17, 15) is 22.4 Å². The minimum Gasteiger partial charge on any atom is -0.350 e. The number of amides is 1. The van der Waals surface area contributed by atoms with Crippen LogP contribution in [0.25, 0.3) is 0 Å². The van der Waals surface area contributed by atoms with Crippen molar-refractivity contribution in [2.75, 3.05) is 14.1 Å².